The Kier molecular flexibility index (Phi) is 3.64. The number of rotatable bonds is 3. The molecule has 0 radical (unpaired) electrons. The fraction of sp³-hybridized carbons (Fsp3) is 0.375. The number of hydrogen-bond acceptors (Lipinski definition) is 3. The maximum atomic E-state index is 11.1. The van der Waals surface area contributed by atoms with E-state index in [1.54, 1.807) is 0 Å². The first-order valence-electron chi connectivity index (χ1n) is 7.23. The predicted molar refractivity (Wildman–Crippen MR) is 81.3 cm³/mol. The van der Waals surface area contributed by atoms with E-state index >= 15 is 0 Å². The SMILES string of the molecule is Cc1cccc(-c2cc(N3CCCC(C(=O)O)C3)n[nH]2)c1. The Morgan fingerprint density at radius 3 is 3.05 bits per heavy atom. The number of hydrogen-bond donors (Lipinski definition) is 2. The molecule has 110 valence electrons. The second kappa shape index (κ2) is 5.60. The highest BCUT2D eigenvalue weighted by atomic mass is 16.4. The van der Waals surface area contributed by atoms with E-state index in [0.717, 1.165) is 36.5 Å². The molecule has 3 rings (SSSR count). The molecule has 0 spiro atoms. The van der Waals surface area contributed by atoms with E-state index in [1.165, 1.54) is 5.56 Å². The van der Waals surface area contributed by atoms with Gasteiger partial charge in [-0.2, -0.15) is 5.10 Å². The van der Waals surface area contributed by atoms with Gasteiger partial charge in [-0.15, -0.1) is 0 Å². The highest BCUT2D eigenvalue weighted by Crippen LogP contribution is 2.26. The van der Waals surface area contributed by atoms with Crippen LogP contribution in [-0.2, 0) is 4.79 Å². The number of benzene rings is 1. The van der Waals surface area contributed by atoms with Crippen LogP contribution in [0, 0.1) is 12.8 Å². The first kappa shape index (κ1) is 13.7. The second-order valence-electron chi connectivity index (χ2n) is 5.63. The fourth-order valence-corrected chi connectivity index (χ4v) is 2.82. The van der Waals surface area contributed by atoms with Crippen LogP contribution in [0.5, 0.6) is 0 Å². The van der Waals surface area contributed by atoms with Gasteiger partial charge >= 0.3 is 5.97 Å². The maximum Gasteiger partial charge on any atom is 0.308 e. The van der Waals surface area contributed by atoms with Gasteiger partial charge in [-0.3, -0.25) is 9.89 Å². The summed E-state index contributed by atoms with van der Waals surface area (Å²) in [7, 11) is 0. The quantitative estimate of drug-likeness (QED) is 0.909. The molecule has 1 aromatic heterocycles. The average molecular weight is 285 g/mol. The minimum absolute atomic E-state index is 0.294. The van der Waals surface area contributed by atoms with E-state index in [1.807, 2.05) is 18.2 Å². The van der Waals surface area contributed by atoms with Gasteiger partial charge in [0.1, 0.15) is 0 Å². The van der Waals surface area contributed by atoms with Crippen LogP contribution in [0.1, 0.15) is 18.4 Å². The summed E-state index contributed by atoms with van der Waals surface area (Å²) >= 11 is 0. The van der Waals surface area contributed by atoms with Gasteiger partial charge < -0.3 is 10.0 Å². The number of aryl methyl sites for hydroxylation is 1. The van der Waals surface area contributed by atoms with Crippen molar-refractivity contribution in [1.82, 2.24) is 10.2 Å². The number of carboxylic acid groups (broad SMARTS) is 1. The van der Waals surface area contributed by atoms with E-state index < -0.39 is 5.97 Å². The lowest BCUT2D eigenvalue weighted by Crippen LogP contribution is -2.38. The number of carboxylic acids is 1. The largest absolute Gasteiger partial charge is 0.481 e. The zero-order valence-electron chi connectivity index (χ0n) is 12.0. The summed E-state index contributed by atoms with van der Waals surface area (Å²) in [5.74, 6) is -0.176. The number of carbonyl (C=O) groups is 1. The normalized spacial score (nSPS) is 18.7. The van der Waals surface area contributed by atoms with Crippen molar-refractivity contribution >= 4 is 11.8 Å². The molecule has 1 saturated heterocycles. The van der Waals surface area contributed by atoms with Crippen LogP contribution >= 0.6 is 0 Å². The molecule has 0 aliphatic carbocycles. The third-order valence-corrected chi connectivity index (χ3v) is 3.99. The number of aliphatic carboxylic acids is 1. The van der Waals surface area contributed by atoms with Gasteiger partial charge in [-0.05, 0) is 31.4 Å². The molecular weight excluding hydrogens is 266 g/mol. The number of nitrogens with zero attached hydrogens (tertiary/aromatic N) is 2. The summed E-state index contributed by atoms with van der Waals surface area (Å²) < 4.78 is 0. The Bertz CT molecular complexity index is 650. The molecule has 0 saturated carbocycles. The number of aromatic amines is 1. The summed E-state index contributed by atoms with van der Waals surface area (Å²) in [6.45, 7) is 3.46. The van der Waals surface area contributed by atoms with Gasteiger partial charge in [0.05, 0.1) is 11.6 Å². The van der Waals surface area contributed by atoms with Gasteiger partial charge in [-0.1, -0.05) is 23.8 Å². The summed E-state index contributed by atoms with van der Waals surface area (Å²) in [4.78, 5) is 13.2. The average Bonchev–Trinajstić information content (AvgIpc) is 2.97. The number of aromatic nitrogens is 2. The third-order valence-electron chi connectivity index (χ3n) is 3.99. The first-order valence-corrected chi connectivity index (χ1v) is 7.23. The zero-order valence-corrected chi connectivity index (χ0v) is 12.0. The van der Waals surface area contributed by atoms with E-state index in [4.69, 9.17) is 5.11 Å². The van der Waals surface area contributed by atoms with Gasteiger partial charge in [-0.25, -0.2) is 0 Å². The molecule has 2 aromatic rings. The topological polar surface area (TPSA) is 69.2 Å². The number of anilines is 1. The minimum atomic E-state index is -0.714. The lowest BCUT2D eigenvalue weighted by atomic mass is 9.98. The third kappa shape index (κ3) is 2.91. The predicted octanol–water partition coefficient (Wildman–Crippen LogP) is 2.69. The first-order chi connectivity index (χ1) is 10.1. The van der Waals surface area contributed by atoms with E-state index in [2.05, 4.69) is 34.2 Å². The van der Waals surface area contributed by atoms with E-state index in [-0.39, 0.29) is 5.92 Å². The Balaban J connectivity index is 1.80. The molecule has 2 heterocycles. The van der Waals surface area contributed by atoms with E-state index in [9.17, 15) is 4.79 Å². The van der Waals surface area contributed by atoms with Crippen LogP contribution in [0.25, 0.3) is 11.3 Å². The molecule has 1 aliphatic heterocycles. The van der Waals surface area contributed by atoms with Gasteiger partial charge in [0.25, 0.3) is 0 Å². The molecule has 0 amide bonds. The molecular formula is C16H19N3O2. The molecule has 1 unspecified atom stereocenters. The van der Waals surface area contributed by atoms with Crippen molar-refractivity contribution in [3.63, 3.8) is 0 Å². The van der Waals surface area contributed by atoms with Crippen molar-refractivity contribution in [3.05, 3.63) is 35.9 Å². The van der Waals surface area contributed by atoms with Crippen LogP contribution in [-0.4, -0.2) is 34.4 Å². The zero-order chi connectivity index (χ0) is 14.8. The number of H-pyrrole nitrogens is 1. The maximum absolute atomic E-state index is 11.1. The Morgan fingerprint density at radius 2 is 2.29 bits per heavy atom. The Morgan fingerprint density at radius 1 is 1.43 bits per heavy atom. The standard InChI is InChI=1S/C16H19N3O2/c1-11-4-2-5-12(8-11)14-9-15(18-17-14)19-7-3-6-13(10-19)16(20)21/h2,4-5,8-9,13H,3,6-7,10H2,1H3,(H,17,18)(H,20,21). The molecule has 1 aromatic carbocycles. The van der Waals surface area contributed by atoms with Crippen molar-refractivity contribution in [2.75, 3.05) is 18.0 Å². The number of piperidine rings is 1. The lowest BCUT2D eigenvalue weighted by Gasteiger charge is -2.30. The molecule has 5 heteroatoms. The van der Waals surface area contributed by atoms with Crippen molar-refractivity contribution < 1.29 is 9.90 Å². The summed E-state index contributed by atoms with van der Waals surface area (Å²) in [5.41, 5.74) is 3.26. The molecule has 1 fully saturated rings. The smallest absolute Gasteiger partial charge is 0.308 e. The van der Waals surface area contributed by atoms with E-state index in [0.29, 0.717) is 6.54 Å². The van der Waals surface area contributed by atoms with Crippen LogP contribution in [0.2, 0.25) is 0 Å². The molecule has 21 heavy (non-hydrogen) atoms. The monoisotopic (exact) mass is 285 g/mol. The second-order valence-corrected chi connectivity index (χ2v) is 5.63. The van der Waals surface area contributed by atoms with Crippen molar-refractivity contribution in [2.45, 2.75) is 19.8 Å². The molecule has 1 aliphatic rings. The summed E-state index contributed by atoms with van der Waals surface area (Å²) in [5, 5.41) is 16.6. The van der Waals surface area contributed by atoms with Crippen LogP contribution in [0.4, 0.5) is 5.82 Å². The molecule has 2 N–H and O–H groups in total. The highest BCUT2D eigenvalue weighted by molar-refractivity contribution is 5.71. The Hall–Kier alpha value is -2.30. The van der Waals surface area contributed by atoms with Gasteiger partial charge in [0.2, 0.25) is 0 Å². The Labute approximate surface area is 123 Å². The fourth-order valence-electron chi connectivity index (χ4n) is 2.82. The minimum Gasteiger partial charge on any atom is -0.481 e. The highest BCUT2D eigenvalue weighted by Gasteiger charge is 2.26. The van der Waals surface area contributed by atoms with Gasteiger partial charge in [0.15, 0.2) is 5.82 Å². The molecule has 0 bridgehead atoms. The molecule has 1 atom stereocenters. The number of nitrogens with one attached hydrogen (secondary N) is 1. The van der Waals surface area contributed by atoms with Crippen molar-refractivity contribution in [3.8, 4) is 11.3 Å². The van der Waals surface area contributed by atoms with Crippen LogP contribution in [0.15, 0.2) is 30.3 Å². The van der Waals surface area contributed by atoms with Crippen molar-refractivity contribution in [1.29, 1.82) is 0 Å². The van der Waals surface area contributed by atoms with Crippen LogP contribution in [0.3, 0.4) is 0 Å². The molecule has 5 nitrogen and oxygen atoms in total. The van der Waals surface area contributed by atoms with Crippen LogP contribution < -0.4 is 4.90 Å². The summed E-state index contributed by atoms with van der Waals surface area (Å²) in [6.07, 6.45) is 1.64. The van der Waals surface area contributed by atoms with Gasteiger partial charge in [0, 0.05) is 19.2 Å². The lowest BCUT2D eigenvalue weighted by molar-refractivity contribution is -0.141. The van der Waals surface area contributed by atoms with Crippen molar-refractivity contribution in [2.24, 2.45) is 5.92 Å². The summed E-state index contributed by atoms with van der Waals surface area (Å²) in [6, 6.07) is 10.2.